The second kappa shape index (κ2) is 6.20. The topological polar surface area (TPSA) is 52.6 Å². The molecule has 0 aliphatic carbocycles. The molecular formula is C18H20N2O2. The van der Waals surface area contributed by atoms with Gasteiger partial charge in [-0.3, -0.25) is 4.79 Å². The highest BCUT2D eigenvalue weighted by atomic mass is 16.3. The summed E-state index contributed by atoms with van der Waals surface area (Å²) in [5.41, 5.74) is 5.33. The third kappa shape index (κ3) is 2.97. The van der Waals surface area contributed by atoms with Crippen LogP contribution in [0.15, 0.2) is 42.5 Å². The summed E-state index contributed by atoms with van der Waals surface area (Å²) in [7, 11) is 1.83. The molecule has 1 amide bonds. The number of hydrogen-bond acceptors (Lipinski definition) is 3. The number of carbonyl (C=O) groups excluding carboxylic acids is 1. The average molecular weight is 296 g/mol. The molecule has 0 bridgehead atoms. The second-order valence-electron chi connectivity index (χ2n) is 5.63. The predicted molar refractivity (Wildman–Crippen MR) is 87.9 cm³/mol. The van der Waals surface area contributed by atoms with Gasteiger partial charge in [-0.15, -0.1) is 0 Å². The number of nitrogens with one attached hydrogen (secondary N) is 1. The second-order valence-corrected chi connectivity index (χ2v) is 5.63. The summed E-state index contributed by atoms with van der Waals surface area (Å²) in [5.74, 6) is 0.180. The molecule has 1 heterocycles. The summed E-state index contributed by atoms with van der Waals surface area (Å²) >= 11 is 0. The van der Waals surface area contributed by atoms with E-state index in [1.165, 1.54) is 11.1 Å². The van der Waals surface area contributed by atoms with Crippen LogP contribution in [0.5, 0.6) is 0 Å². The van der Waals surface area contributed by atoms with Gasteiger partial charge in [0.05, 0.1) is 6.61 Å². The van der Waals surface area contributed by atoms with Gasteiger partial charge in [0.25, 0.3) is 0 Å². The molecule has 2 aromatic carbocycles. The Labute approximate surface area is 130 Å². The van der Waals surface area contributed by atoms with E-state index in [2.05, 4.69) is 17.4 Å². The number of aliphatic hydroxyl groups is 1. The van der Waals surface area contributed by atoms with E-state index < -0.39 is 0 Å². The van der Waals surface area contributed by atoms with Crippen molar-refractivity contribution in [2.75, 3.05) is 17.3 Å². The zero-order valence-electron chi connectivity index (χ0n) is 12.7. The summed E-state index contributed by atoms with van der Waals surface area (Å²) in [4.78, 5) is 13.4. The molecule has 0 saturated heterocycles. The predicted octanol–water partition coefficient (Wildman–Crippen LogP) is 2.70. The largest absolute Gasteiger partial charge is 0.392 e. The minimum atomic E-state index is 0.0503. The van der Waals surface area contributed by atoms with Crippen LogP contribution in [0.25, 0.3) is 0 Å². The standard InChI is InChI=1S/C18H20N2O2/c1-20-17-7-5-13(9-15(17)6-8-18(20)22)11-19-16-4-2-3-14(10-16)12-21/h2-5,7,9-10,19,21H,6,8,11-12H2,1H3. The van der Waals surface area contributed by atoms with Gasteiger partial charge in [0.1, 0.15) is 0 Å². The molecule has 0 aromatic heterocycles. The van der Waals surface area contributed by atoms with Crippen LogP contribution < -0.4 is 10.2 Å². The van der Waals surface area contributed by atoms with Gasteiger partial charge in [-0.1, -0.05) is 24.3 Å². The lowest BCUT2D eigenvalue weighted by molar-refractivity contribution is -0.118. The third-order valence-corrected chi connectivity index (χ3v) is 4.09. The minimum Gasteiger partial charge on any atom is -0.392 e. The van der Waals surface area contributed by atoms with Crippen molar-refractivity contribution >= 4 is 17.3 Å². The van der Waals surface area contributed by atoms with Gasteiger partial charge in [-0.05, 0) is 41.3 Å². The lowest BCUT2D eigenvalue weighted by Crippen LogP contribution is -2.31. The number of benzene rings is 2. The molecule has 114 valence electrons. The fourth-order valence-corrected chi connectivity index (χ4v) is 2.80. The molecule has 0 saturated carbocycles. The van der Waals surface area contributed by atoms with Crippen molar-refractivity contribution in [3.05, 3.63) is 59.2 Å². The maximum absolute atomic E-state index is 11.7. The number of hydrogen-bond donors (Lipinski definition) is 2. The van der Waals surface area contributed by atoms with Gasteiger partial charge >= 0.3 is 0 Å². The molecule has 0 fully saturated rings. The van der Waals surface area contributed by atoms with Gasteiger partial charge < -0.3 is 15.3 Å². The number of anilines is 2. The van der Waals surface area contributed by atoms with E-state index in [0.29, 0.717) is 6.42 Å². The summed E-state index contributed by atoms with van der Waals surface area (Å²) in [6.45, 7) is 0.772. The molecule has 2 N–H and O–H groups in total. The Hall–Kier alpha value is -2.33. The summed E-state index contributed by atoms with van der Waals surface area (Å²) in [6, 6.07) is 14.0. The number of aryl methyl sites for hydroxylation is 1. The first kappa shape index (κ1) is 14.6. The Kier molecular flexibility index (Phi) is 4.11. The highest BCUT2D eigenvalue weighted by Gasteiger charge is 2.20. The lowest BCUT2D eigenvalue weighted by Gasteiger charge is -2.26. The average Bonchev–Trinajstić information content (AvgIpc) is 2.56. The van der Waals surface area contributed by atoms with Crippen LogP contribution in [0.4, 0.5) is 11.4 Å². The quantitative estimate of drug-likeness (QED) is 0.912. The molecule has 2 aromatic rings. The Morgan fingerprint density at radius 1 is 1.14 bits per heavy atom. The summed E-state index contributed by atoms with van der Waals surface area (Å²) in [5, 5.41) is 12.5. The minimum absolute atomic E-state index is 0.0503. The molecule has 0 atom stereocenters. The van der Waals surface area contributed by atoms with E-state index in [0.717, 1.165) is 29.9 Å². The van der Waals surface area contributed by atoms with Crippen molar-refractivity contribution < 1.29 is 9.90 Å². The molecule has 4 heteroatoms. The first-order chi connectivity index (χ1) is 10.7. The van der Waals surface area contributed by atoms with Crippen LogP contribution in [0.1, 0.15) is 23.1 Å². The lowest BCUT2D eigenvalue weighted by atomic mass is 9.99. The van der Waals surface area contributed by atoms with E-state index in [1.54, 1.807) is 4.90 Å². The normalized spacial score (nSPS) is 13.9. The van der Waals surface area contributed by atoms with E-state index in [-0.39, 0.29) is 12.5 Å². The van der Waals surface area contributed by atoms with Crippen LogP contribution >= 0.6 is 0 Å². The molecule has 1 aliphatic rings. The first-order valence-electron chi connectivity index (χ1n) is 7.49. The fourth-order valence-electron chi connectivity index (χ4n) is 2.80. The van der Waals surface area contributed by atoms with E-state index in [1.807, 2.05) is 37.4 Å². The molecule has 0 radical (unpaired) electrons. The molecule has 4 nitrogen and oxygen atoms in total. The van der Waals surface area contributed by atoms with Crippen molar-refractivity contribution in [3.8, 4) is 0 Å². The number of nitrogens with zero attached hydrogens (tertiary/aromatic N) is 1. The first-order valence-corrected chi connectivity index (χ1v) is 7.49. The van der Waals surface area contributed by atoms with Crippen LogP contribution in [0.3, 0.4) is 0 Å². The number of amides is 1. The van der Waals surface area contributed by atoms with Crippen LogP contribution in [0.2, 0.25) is 0 Å². The zero-order valence-corrected chi connectivity index (χ0v) is 12.7. The molecule has 3 rings (SSSR count). The van der Waals surface area contributed by atoms with Crippen molar-refractivity contribution in [2.45, 2.75) is 26.0 Å². The van der Waals surface area contributed by atoms with E-state index in [4.69, 9.17) is 5.11 Å². The Bertz CT molecular complexity index is 697. The summed E-state index contributed by atoms with van der Waals surface area (Å²) < 4.78 is 0. The maximum Gasteiger partial charge on any atom is 0.227 e. The SMILES string of the molecule is CN1C(=O)CCc2cc(CNc3cccc(CO)c3)ccc21. The number of aliphatic hydroxyl groups excluding tert-OH is 1. The Balaban J connectivity index is 1.72. The van der Waals surface area contributed by atoms with Crippen molar-refractivity contribution in [1.82, 2.24) is 0 Å². The van der Waals surface area contributed by atoms with Crippen LogP contribution in [-0.2, 0) is 24.4 Å². The van der Waals surface area contributed by atoms with Gasteiger partial charge in [-0.25, -0.2) is 0 Å². The molecular weight excluding hydrogens is 276 g/mol. The third-order valence-electron chi connectivity index (χ3n) is 4.09. The van der Waals surface area contributed by atoms with E-state index in [9.17, 15) is 4.79 Å². The fraction of sp³-hybridized carbons (Fsp3) is 0.278. The zero-order chi connectivity index (χ0) is 15.5. The van der Waals surface area contributed by atoms with Crippen molar-refractivity contribution in [1.29, 1.82) is 0 Å². The molecule has 0 unspecified atom stereocenters. The highest BCUT2D eigenvalue weighted by molar-refractivity contribution is 5.95. The van der Waals surface area contributed by atoms with Gasteiger partial charge in [0.15, 0.2) is 0 Å². The maximum atomic E-state index is 11.7. The number of fused-ring (bicyclic) bond motifs is 1. The van der Waals surface area contributed by atoms with Crippen LogP contribution in [-0.4, -0.2) is 18.1 Å². The van der Waals surface area contributed by atoms with Crippen molar-refractivity contribution in [2.24, 2.45) is 0 Å². The molecule has 22 heavy (non-hydrogen) atoms. The molecule has 0 spiro atoms. The number of rotatable bonds is 4. The Morgan fingerprint density at radius 3 is 2.82 bits per heavy atom. The summed E-state index contributed by atoms with van der Waals surface area (Å²) in [6.07, 6.45) is 1.39. The van der Waals surface area contributed by atoms with Gasteiger partial charge in [0.2, 0.25) is 5.91 Å². The molecule has 1 aliphatic heterocycles. The smallest absolute Gasteiger partial charge is 0.227 e. The van der Waals surface area contributed by atoms with E-state index >= 15 is 0 Å². The van der Waals surface area contributed by atoms with Gasteiger partial charge in [0, 0.05) is 31.4 Å². The monoisotopic (exact) mass is 296 g/mol. The van der Waals surface area contributed by atoms with Gasteiger partial charge in [-0.2, -0.15) is 0 Å². The highest BCUT2D eigenvalue weighted by Crippen LogP contribution is 2.27. The van der Waals surface area contributed by atoms with Crippen LogP contribution in [0, 0.1) is 0 Å². The van der Waals surface area contributed by atoms with Crippen molar-refractivity contribution in [3.63, 3.8) is 0 Å². The number of carbonyl (C=O) groups is 1. The Morgan fingerprint density at radius 2 is 2.00 bits per heavy atom.